The molecule has 0 spiro atoms. The fourth-order valence-corrected chi connectivity index (χ4v) is 1.69. The average molecular weight is 247 g/mol. The Kier molecular flexibility index (Phi) is 3.37. The molecule has 0 saturated heterocycles. The van der Waals surface area contributed by atoms with Crippen molar-refractivity contribution in [1.29, 1.82) is 0 Å². The molecule has 0 heterocycles. The number of halogens is 1. The van der Waals surface area contributed by atoms with Crippen LogP contribution in [0.1, 0.15) is 0 Å². The second-order valence-corrected chi connectivity index (χ2v) is 3.89. The van der Waals surface area contributed by atoms with Crippen molar-refractivity contribution in [2.24, 2.45) is 0 Å². The van der Waals surface area contributed by atoms with E-state index in [2.05, 4.69) is 0 Å². The van der Waals surface area contributed by atoms with Crippen LogP contribution < -0.4 is 9.64 Å². The van der Waals surface area contributed by atoms with E-state index in [0.717, 1.165) is 5.69 Å². The molecular weight excluding hydrogens is 233 g/mol. The van der Waals surface area contributed by atoms with Crippen LogP contribution in [0.25, 0.3) is 0 Å². The summed E-state index contributed by atoms with van der Waals surface area (Å²) in [5.41, 5.74) is 1.57. The predicted octanol–water partition coefficient (Wildman–Crippen LogP) is 3.31. The fourth-order valence-electron chi connectivity index (χ4n) is 1.69. The predicted molar refractivity (Wildman–Crippen MR) is 69.1 cm³/mol. The van der Waals surface area contributed by atoms with Crippen molar-refractivity contribution >= 4 is 11.4 Å². The van der Waals surface area contributed by atoms with Gasteiger partial charge in [0, 0.05) is 24.5 Å². The van der Waals surface area contributed by atoms with Crippen LogP contribution in [0.4, 0.5) is 15.8 Å². The fraction of sp³-hybridized carbons (Fsp3) is 0.143. The highest BCUT2D eigenvalue weighted by atomic mass is 19.1. The number of phenols is 1. The molecule has 94 valence electrons. The maximum absolute atomic E-state index is 13.6. The van der Waals surface area contributed by atoms with E-state index in [4.69, 9.17) is 4.74 Å². The first-order valence-corrected chi connectivity index (χ1v) is 5.48. The van der Waals surface area contributed by atoms with Crippen LogP contribution in [0.5, 0.6) is 11.5 Å². The lowest BCUT2D eigenvalue weighted by molar-refractivity contribution is 0.386. The van der Waals surface area contributed by atoms with Gasteiger partial charge in [0.05, 0.1) is 7.11 Å². The molecule has 2 rings (SSSR count). The van der Waals surface area contributed by atoms with Gasteiger partial charge < -0.3 is 14.7 Å². The summed E-state index contributed by atoms with van der Waals surface area (Å²) in [6.07, 6.45) is 0. The van der Waals surface area contributed by atoms with E-state index < -0.39 is 5.82 Å². The number of ether oxygens (including phenoxy) is 1. The van der Waals surface area contributed by atoms with Crippen molar-refractivity contribution in [3.63, 3.8) is 0 Å². The molecule has 0 bridgehead atoms. The number of nitrogens with zero attached hydrogens (tertiary/aromatic N) is 1. The molecule has 4 heteroatoms. The normalized spacial score (nSPS) is 10.2. The summed E-state index contributed by atoms with van der Waals surface area (Å²) in [5.74, 6) is 0.0199. The Morgan fingerprint density at radius 3 is 2.22 bits per heavy atom. The molecule has 2 aromatic carbocycles. The number of benzene rings is 2. The minimum atomic E-state index is -0.402. The van der Waals surface area contributed by atoms with Gasteiger partial charge in [-0.1, -0.05) is 0 Å². The molecule has 18 heavy (non-hydrogen) atoms. The number of aromatic hydroxyl groups is 1. The molecule has 0 radical (unpaired) electrons. The van der Waals surface area contributed by atoms with Gasteiger partial charge >= 0.3 is 0 Å². The van der Waals surface area contributed by atoms with E-state index >= 15 is 0 Å². The molecule has 0 aromatic heterocycles. The first-order valence-electron chi connectivity index (χ1n) is 5.48. The Hall–Kier alpha value is -2.23. The summed E-state index contributed by atoms with van der Waals surface area (Å²) in [6, 6.07) is 11.5. The van der Waals surface area contributed by atoms with Crippen LogP contribution in [0.15, 0.2) is 42.5 Å². The molecule has 0 aliphatic heterocycles. The van der Waals surface area contributed by atoms with Gasteiger partial charge in [-0.15, -0.1) is 0 Å². The van der Waals surface area contributed by atoms with Gasteiger partial charge in [-0.2, -0.15) is 0 Å². The Balaban J connectivity index is 2.31. The maximum atomic E-state index is 13.6. The third kappa shape index (κ3) is 2.37. The molecule has 1 N–H and O–H groups in total. The van der Waals surface area contributed by atoms with Crippen LogP contribution >= 0.6 is 0 Å². The van der Waals surface area contributed by atoms with Gasteiger partial charge in [-0.25, -0.2) is 4.39 Å². The molecule has 0 saturated carbocycles. The lowest BCUT2D eigenvalue weighted by Gasteiger charge is -2.20. The third-order valence-electron chi connectivity index (χ3n) is 2.76. The van der Waals surface area contributed by atoms with E-state index in [0.29, 0.717) is 5.69 Å². The zero-order valence-electron chi connectivity index (χ0n) is 10.2. The highest BCUT2D eigenvalue weighted by Gasteiger charge is 2.08. The summed E-state index contributed by atoms with van der Waals surface area (Å²) in [4.78, 5) is 1.82. The van der Waals surface area contributed by atoms with Gasteiger partial charge in [0.25, 0.3) is 0 Å². The van der Waals surface area contributed by atoms with Gasteiger partial charge in [-0.05, 0) is 36.4 Å². The van der Waals surface area contributed by atoms with Crippen LogP contribution in [-0.4, -0.2) is 19.3 Å². The van der Waals surface area contributed by atoms with Crippen molar-refractivity contribution in [2.75, 3.05) is 19.1 Å². The first kappa shape index (κ1) is 12.2. The van der Waals surface area contributed by atoms with Gasteiger partial charge in [0.2, 0.25) is 0 Å². The van der Waals surface area contributed by atoms with Crippen molar-refractivity contribution in [3.8, 4) is 11.5 Å². The van der Waals surface area contributed by atoms with Crippen molar-refractivity contribution in [3.05, 3.63) is 48.3 Å². The van der Waals surface area contributed by atoms with Gasteiger partial charge in [0.15, 0.2) is 11.6 Å². The smallest absolute Gasteiger partial charge is 0.167 e. The molecular formula is C14H14FNO2. The SMILES string of the molecule is COc1ccc(N(C)c2ccc(O)cc2)cc1F. The number of hydrogen-bond donors (Lipinski definition) is 1. The van der Waals surface area contributed by atoms with Gasteiger partial charge in [0.1, 0.15) is 5.75 Å². The molecule has 3 nitrogen and oxygen atoms in total. The molecule has 0 atom stereocenters. The van der Waals surface area contributed by atoms with Crippen LogP contribution in [0.3, 0.4) is 0 Å². The third-order valence-corrected chi connectivity index (χ3v) is 2.76. The van der Waals surface area contributed by atoms with Crippen LogP contribution in [-0.2, 0) is 0 Å². The zero-order valence-corrected chi connectivity index (χ0v) is 10.2. The Morgan fingerprint density at radius 1 is 1.06 bits per heavy atom. The summed E-state index contributed by atoms with van der Waals surface area (Å²) >= 11 is 0. The zero-order chi connectivity index (χ0) is 13.1. The standard InChI is InChI=1S/C14H14FNO2/c1-16(10-3-6-12(17)7-4-10)11-5-8-14(18-2)13(15)9-11/h3-9,17H,1-2H3. The summed E-state index contributed by atoms with van der Waals surface area (Å²) in [5, 5.41) is 9.23. The summed E-state index contributed by atoms with van der Waals surface area (Å²) in [6.45, 7) is 0. The van der Waals surface area contributed by atoms with Crippen LogP contribution in [0.2, 0.25) is 0 Å². The van der Waals surface area contributed by atoms with Crippen molar-refractivity contribution in [1.82, 2.24) is 0 Å². The number of rotatable bonds is 3. The first-order chi connectivity index (χ1) is 8.61. The molecule has 0 aliphatic rings. The van der Waals surface area contributed by atoms with E-state index in [-0.39, 0.29) is 11.5 Å². The molecule has 0 unspecified atom stereocenters. The van der Waals surface area contributed by atoms with Crippen molar-refractivity contribution < 1.29 is 14.2 Å². The lowest BCUT2D eigenvalue weighted by atomic mass is 10.2. The number of methoxy groups -OCH3 is 1. The van der Waals surface area contributed by atoms with Gasteiger partial charge in [-0.3, -0.25) is 0 Å². The van der Waals surface area contributed by atoms with Crippen molar-refractivity contribution in [2.45, 2.75) is 0 Å². The number of anilines is 2. The minimum Gasteiger partial charge on any atom is -0.508 e. The summed E-state index contributed by atoms with van der Waals surface area (Å²) in [7, 11) is 3.26. The summed E-state index contributed by atoms with van der Waals surface area (Å²) < 4.78 is 18.5. The second-order valence-electron chi connectivity index (χ2n) is 3.89. The monoisotopic (exact) mass is 247 g/mol. The highest BCUT2D eigenvalue weighted by molar-refractivity contribution is 5.63. The van der Waals surface area contributed by atoms with E-state index in [1.807, 2.05) is 11.9 Å². The Labute approximate surface area is 105 Å². The highest BCUT2D eigenvalue weighted by Crippen LogP contribution is 2.28. The maximum Gasteiger partial charge on any atom is 0.167 e. The number of hydrogen-bond acceptors (Lipinski definition) is 3. The van der Waals surface area contributed by atoms with Crippen LogP contribution in [0, 0.1) is 5.82 Å². The Bertz CT molecular complexity index is 540. The topological polar surface area (TPSA) is 32.7 Å². The average Bonchev–Trinajstić information content (AvgIpc) is 2.38. The second kappa shape index (κ2) is 4.96. The quantitative estimate of drug-likeness (QED) is 0.903. The molecule has 0 aliphatic carbocycles. The molecule has 2 aromatic rings. The van der Waals surface area contributed by atoms with E-state index in [9.17, 15) is 9.50 Å². The number of phenolic OH excluding ortho intramolecular Hbond substituents is 1. The minimum absolute atomic E-state index is 0.202. The van der Waals surface area contributed by atoms with E-state index in [1.165, 1.54) is 13.2 Å². The molecule has 0 fully saturated rings. The van der Waals surface area contributed by atoms with E-state index in [1.54, 1.807) is 36.4 Å². The Morgan fingerprint density at radius 2 is 1.67 bits per heavy atom. The largest absolute Gasteiger partial charge is 0.508 e. The molecule has 0 amide bonds. The lowest BCUT2D eigenvalue weighted by Crippen LogP contribution is -2.09.